The van der Waals surface area contributed by atoms with Crippen LogP contribution in [0.1, 0.15) is 10.4 Å². The molecule has 0 bridgehead atoms. The van der Waals surface area contributed by atoms with Gasteiger partial charge in [0.1, 0.15) is 11.5 Å². The quantitative estimate of drug-likeness (QED) is 0.790. The second kappa shape index (κ2) is 7.45. The van der Waals surface area contributed by atoms with Gasteiger partial charge >= 0.3 is 0 Å². The van der Waals surface area contributed by atoms with Gasteiger partial charge in [-0.15, -0.1) is 0 Å². The first-order valence-electron chi connectivity index (χ1n) is 7.08. The Kier molecular flexibility index (Phi) is 5.36. The van der Waals surface area contributed by atoms with Crippen LogP contribution in [0.4, 0.5) is 11.4 Å². The summed E-state index contributed by atoms with van der Waals surface area (Å²) in [5.41, 5.74) is 7.11. The highest BCUT2D eigenvalue weighted by atomic mass is 16.5. The molecule has 0 saturated heterocycles. The minimum Gasteiger partial charge on any atom is -0.497 e. The van der Waals surface area contributed by atoms with Crippen molar-refractivity contribution in [3.05, 3.63) is 35.9 Å². The van der Waals surface area contributed by atoms with E-state index in [0.29, 0.717) is 39.9 Å². The molecular formula is C17H20N2O5. The van der Waals surface area contributed by atoms with E-state index in [2.05, 4.69) is 5.32 Å². The lowest BCUT2D eigenvalue weighted by atomic mass is 10.1. The van der Waals surface area contributed by atoms with Gasteiger partial charge in [-0.1, -0.05) is 0 Å². The van der Waals surface area contributed by atoms with Gasteiger partial charge in [0.2, 0.25) is 0 Å². The maximum atomic E-state index is 12.5. The van der Waals surface area contributed by atoms with Crippen molar-refractivity contribution < 1.29 is 23.7 Å². The number of benzene rings is 2. The molecule has 0 fully saturated rings. The van der Waals surface area contributed by atoms with Gasteiger partial charge in [-0.05, 0) is 12.1 Å². The number of ether oxygens (including phenoxy) is 4. The molecule has 0 heterocycles. The van der Waals surface area contributed by atoms with Crippen molar-refractivity contribution >= 4 is 17.3 Å². The summed E-state index contributed by atoms with van der Waals surface area (Å²) < 4.78 is 20.7. The number of anilines is 2. The predicted octanol–water partition coefficient (Wildman–Crippen LogP) is 2.56. The molecule has 0 aliphatic rings. The van der Waals surface area contributed by atoms with E-state index in [1.165, 1.54) is 28.4 Å². The van der Waals surface area contributed by atoms with Crippen molar-refractivity contribution in [3.8, 4) is 23.0 Å². The molecular weight excluding hydrogens is 312 g/mol. The molecule has 0 aliphatic heterocycles. The van der Waals surface area contributed by atoms with Gasteiger partial charge in [0.05, 0.1) is 39.8 Å². The molecule has 2 aromatic carbocycles. The van der Waals surface area contributed by atoms with E-state index >= 15 is 0 Å². The average Bonchev–Trinajstić information content (AvgIpc) is 2.62. The van der Waals surface area contributed by atoms with Gasteiger partial charge in [-0.25, -0.2) is 0 Å². The van der Waals surface area contributed by atoms with Crippen molar-refractivity contribution in [2.24, 2.45) is 0 Å². The summed E-state index contributed by atoms with van der Waals surface area (Å²) in [5.74, 6) is 1.62. The number of carbonyl (C=O) groups excluding carboxylic acids is 1. The third-order valence-electron chi connectivity index (χ3n) is 3.42. The van der Waals surface area contributed by atoms with Crippen LogP contribution in [-0.2, 0) is 0 Å². The number of hydrogen-bond acceptors (Lipinski definition) is 6. The van der Waals surface area contributed by atoms with Crippen LogP contribution < -0.4 is 30.0 Å². The van der Waals surface area contributed by atoms with Crippen LogP contribution >= 0.6 is 0 Å². The van der Waals surface area contributed by atoms with E-state index in [4.69, 9.17) is 24.7 Å². The average molecular weight is 332 g/mol. The first-order chi connectivity index (χ1) is 11.5. The van der Waals surface area contributed by atoms with Crippen molar-refractivity contribution in [3.63, 3.8) is 0 Å². The summed E-state index contributed by atoms with van der Waals surface area (Å²) in [5, 5.41) is 2.74. The summed E-state index contributed by atoms with van der Waals surface area (Å²) >= 11 is 0. The van der Waals surface area contributed by atoms with Crippen LogP contribution in [0.2, 0.25) is 0 Å². The van der Waals surface area contributed by atoms with Crippen LogP contribution in [0.3, 0.4) is 0 Å². The fraction of sp³-hybridized carbons (Fsp3) is 0.235. The molecule has 2 rings (SSSR count). The number of amides is 1. The maximum absolute atomic E-state index is 12.5. The first kappa shape index (κ1) is 17.3. The van der Waals surface area contributed by atoms with E-state index in [1.807, 2.05) is 0 Å². The highest BCUT2D eigenvalue weighted by Gasteiger charge is 2.14. The van der Waals surface area contributed by atoms with E-state index < -0.39 is 0 Å². The number of nitrogens with two attached hydrogens (primary N) is 1. The fourth-order valence-corrected chi connectivity index (χ4v) is 2.14. The fourth-order valence-electron chi connectivity index (χ4n) is 2.14. The Balaban J connectivity index is 2.33. The molecule has 0 spiro atoms. The van der Waals surface area contributed by atoms with E-state index in [0.717, 1.165) is 0 Å². The zero-order valence-corrected chi connectivity index (χ0v) is 14.0. The standard InChI is InChI=1S/C17H20N2O5/c1-21-11-5-10(6-12(7-11)22-2)17(20)19-14-9-16(24-4)15(23-3)8-13(14)18/h5-9H,18H2,1-4H3,(H,19,20). The molecule has 0 unspecified atom stereocenters. The second-order valence-electron chi connectivity index (χ2n) is 4.85. The molecule has 7 nitrogen and oxygen atoms in total. The Morgan fingerprint density at radius 3 is 1.88 bits per heavy atom. The lowest BCUT2D eigenvalue weighted by Crippen LogP contribution is -2.14. The number of carbonyl (C=O) groups is 1. The van der Waals surface area contributed by atoms with Crippen LogP contribution in [0, 0.1) is 0 Å². The molecule has 2 aromatic rings. The Labute approximate surface area is 140 Å². The summed E-state index contributed by atoms with van der Waals surface area (Å²) in [6.45, 7) is 0. The number of nitrogen functional groups attached to an aromatic ring is 1. The second-order valence-corrected chi connectivity index (χ2v) is 4.85. The van der Waals surface area contributed by atoms with Crippen molar-refractivity contribution in [2.75, 3.05) is 39.5 Å². The number of nitrogens with one attached hydrogen (secondary N) is 1. The minimum absolute atomic E-state index is 0.355. The number of hydrogen-bond donors (Lipinski definition) is 2. The number of methoxy groups -OCH3 is 4. The van der Waals surface area contributed by atoms with Gasteiger partial charge in [0, 0.05) is 23.8 Å². The summed E-state index contributed by atoms with van der Waals surface area (Å²) in [7, 11) is 6.05. The van der Waals surface area contributed by atoms with Crippen LogP contribution in [0.25, 0.3) is 0 Å². The molecule has 7 heteroatoms. The van der Waals surface area contributed by atoms with Crippen LogP contribution in [0.5, 0.6) is 23.0 Å². The lowest BCUT2D eigenvalue weighted by Gasteiger charge is -2.14. The van der Waals surface area contributed by atoms with Crippen molar-refractivity contribution in [2.45, 2.75) is 0 Å². The minimum atomic E-state index is -0.355. The molecule has 128 valence electrons. The third kappa shape index (κ3) is 3.62. The van der Waals surface area contributed by atoms with Gasteiger partial charge < -0.3 is 30.0 Å². The summed E-state index contributed by atoms with van der Waals surface area (Å²) in [6.07, 6.45) is 0. The van der Waals surface area contributed by atoms with E-state index in [-0.39, 0.29) is 5.91 Å². The number of rotatable bonds is 6. The molecule has 0 atom stereocenters. The monoisotopic (exact) mass is 332 g/mol. The van der Waals surface area contributed by atoms with Crippen molar-refractivity contribution in [1.29, 1.82) is 0 Å². The molecule has 0 saturated carbocycles. The highest BCUT2D eigenvalue weighted by molar-refractivity contribution is 6.06. The maximum Gasteiger partial charge on any atom is 0.255 e. The zero-order valence-electron chi connectivity index (χ0n) is 14.0. The van der Waals surface area contributed by atoms with Crippen LogP contribution in [0.15, 0.2) is 30.3 Å². The molecule has 0 aliphatic carbocycles. The summed E-state index contributed by atoms with van der Waals surface area (Å²) in [6, 6.07) is 8.08. The molecule has 0 radical (unpaired) electrons. The van der Waals surface area contributed by atoms with Crippen molar-refractivity contribution in [1.82, 2.24) is 0 Å². The Bertz CT molecular complexity index is 724. The lowest BCUT2D eigenvalue weighted by molar-refractivity contribution is 0.102. The van der Waals surface area contributed by atoms with Gasteiger partial charge in [-0.3, -0.25) is 4.79 Å². The third-order valence-corrected chi connectivity index (χ3v) is 3.42. The Morgan fingerprint density at radius 2 is 1.38 bits per heavy atom. The largest absolute Gasteiger partial charge is 0.497 e. The summed E-state index contributed by atoms with van der Waals surface area (Å²) in [4.78, 5) is 12.5. The normalized spacial score (nSPS) is 10.0. The highest BCUT2D eigenvalue weighted by Crippen LogP contribution is 2.35. The Hall–Kier alpha value is -3.09. The predicted molar refractivity (Wildman–Crippen MR) is 91.5 cm³/mol. The van der Waals surface area contributed by atoms with Gasteiger partial charge in [0.15, 0.2) is 11.5 Å². The SMILES string of the molecule is COc1cc(OC)cc(C(=O)Nc2cc(OC)c(OC)cc2N)c1. The zero-order chi connectivity index (χ0) is 17.7. The molecule has 1 amide bonds. The van der Waals surface area contributed by atoms with E-state index in [1.54, 1.807) is 30.3 Å². The molecule has 3 N–H and O–H groups in total. The smallest absolute Gasteiger partial charge is 0.255 e. The van der Waals surface area contributed by atoms with Gasteiger partial charge in [-0.2, -0.15) is 0 Å². The van der Waals surface area contributed by atoms with E-state index in [9.17, 15) is 4.79 Å². The van der Waals surface area contributed by atoms with Crippen LogP contribution in [-0.4, -0.2) is 34.3 Å². The Morgan fingerprint density at radius 1 is 0.833 bits per heavy atom. The topological polar surface area (TPSA) is 92.0 Å². The van der Waals surface area contributed by atoms with Gasteiger partial charge in [0.25, 0.3) is 5.91 Å². The molecule has 24 heavy (non-hydrogen) atoms. The molecule has 0 aromatic heterocycles. The first-order valence-corrected chi connectivity index (χ1v) is 7.08.